The zero-order valence-corrected chi connectivity index (χ0v) is 18.8. The van der Waals surface area contributed by atoms with Gasteiger partial charge in [-0.15, -0.1) is 17.8 Å². The molecule has 2 amide bonds. The molecule has 4 rings (SSSR count). The van der Waals surface area contributed by atoms with Crippen LogP contribution in [0.1, 0.15) is 26.5 Å². The number of hydrogen-bond acceptors (Lipinski definition) is 6. The van der Waals surface area contributed by atoms with E-state index in [4.69, 9.17) is 27.5 Å². The van der Waals surface area contributed by atoms with Crippen molar-refractivity contribution >= 4 is 46.2 Å². The summed E-state index contributed by atoms with van der Waals surface area (Å²) in [5, 5.41) is 3.26. The summed E-state index contributed by atoms with van der Waals surface area (Å²) in [5.74, 6) is 1.83. The van der Waals surface area contributed by atoms with Crippen LogP contribution < -0.4 is 10.2 Å². The lowest BCUT2D eigenvalue weighted by Gasteiger charge is -2.28. The van der Waals surface area contributed by atoms with Gasteiger partial charge >= 0.3 is 0 Å². The Hall–Kier alpha value is -2.70. The Morgan fingerprint density at radius 3 is 2.75 bits per heavy atom. The average molecular weight is 473 g/mol. The van der Waals surface area contributed by atoms with E-state index in [0.29, 0.717) is 52.2 Å². The molecule has 1 aromatic heterocycles. The third-order valence-electron chi connectivity index (χ3n) is 5.53. The summed E-state index contributed by atoms with van der Waals surface area (Å²) in [6.45, 7) is 1.38. The van der Waals surface area contributed by atoms with Crippen molar-refractivity contribution < 1.29 is 23.9 Å². The molecule has 2 aromatic rings. The lowest BCUT2D eigenvalue weighted by Crippen LogP contribution is -2.55. The third kappa shape index (κ3) is 4.57. The number of morpholine rings is 1. The van der Waals surface area contributed by atoms with Gasteiger partial charge in [-0.2, -0.15) is 0 Å². The minimum atomic E-state index is -1.11. The summed E-state index contributed by atoms with van der Waals surface area (Å²) in [7, 11) is 0. The number of benzene rings is 1. The number of rotatable bonds is 6. The summed E-state index contributed by atoms with van der Waals surface area (Å²) in [4.78, 5) is 40.8. The van der Waals surface area contributed by atoms with Gasteiger partial charge in [-0.1, -0.05) is 23.6 Å². The monoisotopic (exact) mass is 472 g/mol. The van der Waals surface area contributed by atoms with Crippen molar-refractivity contribution in [2.45, 2.75) is 18.4 Å². The fourth-order valence-corrected chi connectivity index (χ4v) is 4.79. The van der Waals surface area contributed by atoms with Gasteiger partial charge in [-0.3, -0.25) is 14.4 Å². The van der Waals surface area contributed by atoms with E-state index < -0.39 is 5.54 Å². The molecule has 1 N–H and O–H groups in total. The maximum Gasteiger partial charge on any atom is 0.262 e. The summed E-state index contributed by atoms with van der Waals surface area (Å²) in [5.41, 5.74) is 0.170. The van der Waals surface area contributed by atoms with Gasteiger partial charge in [-0.25, -0.2) is 0 Å². The largest absolute Gasteiger partial charge is 0.378 e. The number of hydrogen-bond donors (Lipinski definition) is 1. The molecule has 2 aliphatic heterocycles. The second-order valence-corrected chi connectivity index (χ2v) is 9.12. The molecule has 1 aromatic carbocycles. The van der Waals surface area contributed by atoms with E-state index >= 15 is 0 Å². The molecule has 2 aliphatic rings. The maximum atomic E-state index is 13.3. The first-order valence-corrected chi connectivity index (χ1v) is 11.3. The summed E-state index contributed by atoms with van der Waals surface area (Å²) in [6.07, 6.45) is 5.84. The Balaban J connectivity index is 1.49. The number of nitrogens with one attached hydrogen (secondary N) is 1. The second-order valence-electron chi connectivity index (χ2n) is 7.63. The molecule has 166 valence electrons. The Morgan fingerprint density at radius 2 is 2.09 bits per heavy atom. The first-order chi connectivity index (χ1) is 15.4. The van der Waals surface area contributed by atoms with Gasteiger partial charge in [0, 0.05) is 26.0 Å². The van der Waals surface area contributed by atoms with Crippen LogP contribution in [0.5, 0.6) is 0 Å². The minimum Gasteiger partial charge on any atom is -0.378 e. The van der Waals surface area contributed by atoms with Crippen molar-refractivity contribution in [2.24, 2.45) is 0 Å². The molecular formula is C23H21ClN2O5S. The first-order valence-electron chi connectivity index (χ1n) is 10.1. The summed E-state index contributed by atoms with van der Waals surface area (Å²) in [6, 6.07) is 8.53. The fourth-order valence-electron chi connectivity index (χ4n) is 3.78. The van der Waals surface area contributed by atoms with Crippen LogP contribution in [0.15, 0.2) is 30.3 Å². The van der Waals surface area contributed by atoms with Crippen molar-refractivity contribution in [3.05, 3.63) is 50.7 Å². The van der Waals surface area contributed by atoms with E-state index in [1.165, 1.54) is 11.3 Å². The molecule has 1 atom stereocenters. The highest BCUT2D eigenvalue weighted by molar-refractivity contribution is 7.14. The predicted octanol–water partition coefficient (Wildman–Crippen LogP) is 2.45. The summed E-state index contributed by atoms with van der Waals surface area (Å²) >= 11 is 7.63. The van der Waals surface area contributed by atoms with Gasteiger partial charge in [0.05, 0.1) is 33.7 Å². The van der Waals surface area contributed by atoms with E-state index in [0.717, 1.165) is 0 Å². The standard InChI is InChI=1S/C23H21ClN2O5S/c1-2-16-4-6-19(32-16)22(29)25-23(7-9-31-14-23)20(27)12-15-3-5-18(17(24)11-15)26-8-10-30-13-21(26)28/h1,3-6,11H,7-10,12-14H2,(H,25,29)/t23-/m1/s1. The lowest BCUT2D eigenvalue weighted by molar-refractivity contribution is -0.126. The number of carbonyl (C=O) groups excluding carboxylic acids is 3. The van der Waals surface area contributed by atoms with Crippen LogP contribution in [0.4, 0.5) is 5.69 Å². The molecule has 7 nitrogen and oxygen atoms in total. The molecule has 9 heteroatoms. The Bertz CT molecular complexity index is 1100. The Kier molecular flexibility index (Phi) is 6.63. The summed E-state index contributed by atoms with van der Waals surface area (Å²) < 4.78 is 10.6. The van der Waals surface area contributed by atoms with Crippen molar-refractivity contribution in [3.63, 3.8) is 0 Å². The number of carbonyl (C=O) groups is 3. The number of terminal acetylenes is 1. The first kappa shape index (κ1) is 22.5. The SMILES string of the molecule is C#Cc1ccc(C(=O)N[C@]2(C(=O)Cc3ccc(N4CCOCC4=O)c(Cl)c3)CCOC2)s1. The van der Waals surface area contributed by atoms with Crippen molar-refractivity contribution in [2.75, 3.05) is 37.9 Å². The lowest BCUT2D eigenvalue weighted by atomic mass is 9.88. The van der Waals surface area contributed by atoms with Crippen LogP contribution >= 0.6 is 22.9 Å². The fraction of sp³-hybridized carbons (Fsp3) is 0.348. The highest BCUT2D eigenvalue weighted by atomic mass is 35.5. The van der Waals surface area contributed by atoms with Crippen molar-refractivity contribution in [1.82, 2.24) is 5.32 Å². The topological polar surface area (TPSA) is 84.9 Å². The van der Waals surface area contributed by atoms with Crippen LogP contribution in [-0.4, -0.2) is 56.1 Å². The number of ketones is 1. The second kappa shape index (κ2) is 9.43. The van der Waals surface area contributed by atoms with Crippen molar-refractivity contribution in [1.29, 1.82) is 0 Å². The minimum absolute atomic E-state index is 0.0197. The van der Waals surface area contributed by atoms with Crippen LogP contribution in [0.25, 0.3) is 0 Å². The number of ether oxygens (including phenoxy) is 2. The Morgan fingerprint density at radius 1 is 1.25 bits per heavy atom. The normalized spacial score (nSPS) is 20.8. The molecule has 0 spiro atoms. The van der Waals surface area contributed by atoms with Crippen molar-refractivity contribution in [3.8, 4) is 12.3 Å². The van der Waals surface area contributed by atoms with Crippen LogP contribution in [0.3, 0.4) is 0 Å². The van der Waals surface area contributed by atoms with Crippen LogP contribution in [0.2, 0.25) is 5.02 Å². The molecule has 0 bridgehead atoms. The molecule has 0 unspecified atom stereocenters. The Labute approximate surface area is 194 Å². The number of amides is 2. The molecule has 0 saturated carbocycles. The van der Waals surface area contributed by atoms with Gasteiger partial charge in [0.1, 0.15) is 12.1 Å². The number of thiophene rings is 1. The molecule has 2 fully saturated rings. The van der Waals surface area contributed by atoms with E-state index in [-0.39, 0.29) is 37.2 Å². The number of anilines is 1. The number of halogens is 1. The van der Waals surface area contributed by atoms with Gasteiger partial charge < -0.3 is 19.7 Å². The van der Waals surface area contributed by atoms with E-state index in [9.17, 15) is 14.4 Å². The molecule has 2 saturated heterocycles. The highest BCUT2D eigenvalue weighted by Gasteiger charge is 2.43. The zero-order chi connectivity index (χ0) is 22.7. The molecule has 0 aliphatic carbocycles. The molecule has 0 radical (unpaired) electrons. The van der Waals surface area contributed by atoms with Crippen LogP contribution in [0, 0.1) is 12.3 Å². The zero-order valence-electron chi connectivity index (χ0n) is 17.2. The van der Waals surface area contributed by atoms with Gasteiger partial charge in [0.2, 0.25) is 0 Å². The van der Waals surface area contributed by atoms with E-state index in [1.807, 2.05) is 0 Å². The molecule has 32 heavy (non-hydrogen) atoms. The number of nitrogens with zero attached hydrogens (tertiary/aromatic N) is 1. The van der Waals surface area contributed by atoms with E-state index in [1.54, 1.807) is 35.2 Å². The highest BCUT2D eigenvalue weighted by Crippen LogP contribution is 2.30. The third-order valence-corrected chi connectivity index (χ3v) is 6.85. The van der Waals surface area contributed by atoms with Gasteiger partial charge in [0.25, 0.3) is 11.8 Å². The van der Waals surface area contributed by atoms with Crippen LogP contribution in [-0.2, 0) is 25.5 Å². The quantitative estimate of drug-likeness (QED) is 0.653. The average Bonchev–Trinajstić information content (AvgIpc) is 3.45. The van der Waals surface area contributed by atoms with E-state index in [2.05, 4.69) is 11.2 Å². The molecular weight excluding hydrogens is 452 g/mol. The number of Topliss-reactive ketones (excluding diaryl/α,β-unsaturated/α-hetero) is 1. The maximum absolute atomic E-state index is 13.3. The smallest absolute Gasteiger partial charge is 0.262 e. The van der Waals surface area contributed by atoms with Gasteiger partial charge in [0.15, 0.2) is 5.78 Å². The predicted molar refractivity (Wildman–Crippen MR) is 121 cm³/mol. The molecule has 3 heterocycles. The van der Waals surface area contributed by atoms with Gasteiger partial charge in [-0.05, 0) is 29.8 Å².